The molecule has 2 aromatic heterocycles. The lowest BCUT2D eigenvalue weighted by atomic mass is 9.72. The smallest absolute Gasteiger partial charge is 0.326 e. The fourth-order valence-corrected chi connectivity index (χ4v) is 8.59. The highest BCUT2D eigenvalue weighted by Crippen LogP contribution is 2.39. The zero-order valence-electron chi connectivity index (χ0n) is 30.9. The second-order valence-electron chi connectivity index (χ2n) is 15.6. The molecule has 12 heteroatoms. The Balaban J connectivity index is 1.21. The van der Waals surface area contributed by atoms with Crippen LogP contribution in [0.5, 0.6) is 0 Å². The van der Waals surface area contributed by atoms with Gasteiger partial charge < -0.3 is 26.4 Å². The predicted molar refractivity (Wildman–Crippen MR) is 204 cm³/mol. The minimum Gasteiger partial charge on any atom is -0.480 e. The Labute approximate surface area is 311 Å². The third-order valence-electron chi connectivity index (χ3n) is 10.7. The summed E-state index contributed by atoms with van der Waals surface area (Å²) < 4.78 is 0. The van der Waals surface area contributed by atoms with Crippen LogP contribution in [-0.2, 0) is 26.2 Å². The van der Waals surface area contributed by atoms with Crippen LogP contribution < -0.4 is 21.3 Å². The summed E-state index contributed by atoms with van der Waals surface area (Å²) in [5.41, 5.74) is 7.63. The van der Waals surface area contributed by atoms with E-state index in [1.165, 1.54) is 62.7 Å². The number of nitrogens with zero attached hydrogens (tertiary/aromatic N) is 3. The lowest BCUT2D eigenvalue weighted by molar-refractivity contribution is -0.143. The topological polar surface area (TPSA) is 168 Å². The first-order valence-electron chi connectivity index (χ1n) is 18.7. The van der Waals surface area contributed by atoms with Gasteiger partial charge in [-0.2, -0.15) is 0 Å². The first-order chi connectivity index (χ1) is 24.8. The fraction of sp³-hybridized carbons (Fsp3) is 0.550. The maximum absolute atomic E-state index is 13.4. The van der Waals surface area contributed by atoms with Gasteiger partial charge in [-0.3, -0.25) is 14.4 Å². The van der Waals surface area contributed by atoms with E-state index in [1.807, 2.05) is 63.5 Å². The highest BCUT2D eigenvalue weighted by molar-refractivity contribution is 7.14. The Hall–Kier alpha value is -4.32. The number of amides is 3. The number of anilines is 1. The number of aliphatic carboxylic acids is 1. The molecule has 0 bridgehead atoms. The molecule has 1 saturated carbocycles. The van der Waals surface area contributed by atoms with Gasteiger partial charge >= 0.3 is 5.97 Å². The van der Waals surface area contributed by atoms with Crippen LogP contribution in [0.4, 0.5) is 5.69 Å². The lowest BCUT2D eigenvalue weighted by Crippen LogP contribution is -2.53. The van der Waals surface area contributed by atoms with Crippen molar-refractivity contribution in [1.82, 2.24) is 20.6 Å². The third-order valence-corrected chi connectivity index (χ3v) is 12.2. The molecule has 2 atom stereocenters. The molecule has 0 unspecified atom stereocenters. The maximum atomic E-state index is 13.4. The third kappa shape index (κ3) is 10.4. The van der Waals surface area contributed by atoms with Crippen molar-refractivity contribution < 1.29 is 24.3 Å². The predicted octanol–water partition coefficient (Wildman–Crippen LogP) is 6.11. The quantitative estimate of drug-likeness (QED) is 0.154. The standard InChI is InChI=1S/C40H54N6O5S/c1-5-6-25-7-11-27(12-8-25)28-17-19-46(20-18-28)30-23-42-36(43-24-30)29-13-9-26(10-14-29)21-31(37(48)45-32(39(50)51)22-35(41)47)44-38(49)33-15-16-34(52-33)40(2,3)4/h9-10,13-16,23-25,27-28,31-32H,5-8,11-12,17-22H2,1-4H3,(H2,41,47)(H,44,49)(H,45,48)(H,50,51)/t25?,27?,31-,32+/m0/s1. The summed E-state index contributed by atoms with van der Waals surface area (Å²) in [7, 11) is 0. The number of carboxylic acid groups (broad SMARTS) is 1. The molecule has 3 heterocycles. The molecule has 3 amide bonds. The number of primary amides is 1. The van der Waals surface area contributed by atoms with Gasteiger partial charge in [0.1, 0.15) is 12.1 Å². The zero-order valence-corrected chi connectivity index (χ0v) is 31.7. The van der Waals surface area contributed by atoms with Crippen LogP contribution >= 0.6 is 11.3 Å². The molecule has 280 valence electrons. The number of benzene rings is 1. The molecule has 3 aromatic rings. The molecule has 2 fully saturated rings. The molecule has 1 aromatic carbocycles. The van der Waals surface area contributed by atoms with Gasteiger partial charge in [0.25, 0.3) is 5.91 Å². The van der Waals surface area contributed by atoms with Gasteiger partial charge in [0.05, 0.1) is 29.4 Å². The Morgan fingerprint density at radius 3 is 2.10 bits per heavy atom. The summed E-state index contributed by atoms with van der Waals surface area (Å²) in [4.78, 5) is 63.1. The van der Waals surface area contributed by atoms with Crippen molar-refractivity contribution in [2.75, 3.05) is 18.0 Å². The van der Waals surface area contributed by atoms with E-state index in [-0.39, 0.29) is 11.8 Å². The molecular formula is C40H54N6O5S. The van der Waals surface area contributed by atoms with Crippen molar-refractivity contribution in [3.8, 4) is 11.4 Å². The highest BCUT2D eigenvalue weighted by Gasteiger charge is 2.31. The maximum Gasteiger partial charge on any atom is 0.326 e. The molecule has 1 aliphatic heterocycles. The Morgan fingerprint density at radius 2 is 1.54 bits per heavy atom. The number of rotatable bonds is 14. The zero-order chi connectivity index (χ0) is 37.4. The molecule has 5 N–H and O–H groups in total. The van der Waals surface area contributed by atoms with Gasteiger partial charge in [0.15, 0.2) is 5.82 Å². The number of piperidine rings is 1. The van der Waals surface area contributed by atoms with Gasteiger partial charge in [-0.25, -0.2) is 14.8 Å². The van der Waals surface area contributed by atoms with Gasteiger partial charge in [-0.15, -0.1) is 11.3 Å². The van der Waals surface area contributed by atoms with Gasteiger partial charge in [0, 0.05) is 30.0 Å². The summed E-state index contributed by atoms with van der Waals surface area (Å²) >= 11 is 1.34. The molecular weight excluding hydrogens is 677 g/mol. The summed E-state index contributed by atoms with van der Waals surface area (Å²) in [5.74, 6) is -0.229. The molecule has 0 radical (unpaired) electrons. The number of carbonyl (C=O) groups excluding carboxylic acids is 3. The van der Waals surface area contributed by atoms with Crippen LogP contribution in [0.1, 0.15) is 106 Å². The Kier molecular flexibility index (Phi) is 13.1. The average molecular weight is 731 g/mol. The van der Waals surface area contributed by atoms with E-state index in [2.05, 4.69) is 32.4 Å². The largest absolute Gasteiger partial charge is 0.480 e. The minimum atomic E-state index is -1.53. The van der Waals surface area contributed by atoms with E-state index in [0.717, 1.165) is 52.5 Å². The van der Waals surface area contributed by atoms with Crippen LogP contribution in [0.25, 0.3) is 11.4 Å². The number of nitrogens with one attached hydrogen (secondary N) is 2. The summed E-state index contributed by atoms with van der Waals surface area (Å²) in [6, 6.07) is 8.35. The average Bonchev–Trinajstić information content (AvgIpc) is 3.64. The van der Waals surface area contributed by atoms with Crippen molar-refractivity contribution in [2.24, 2.45) is 23.5 Å². The van der Waals surface area contributed by atoms with Crippen LogP contribution in [0.2, 0.25) is 0 Å². The Bertz CT molecular complexity index is 1670. The lowest BCUT2D eigenvalue weighted by Gasteiger charge is -2.39. The first kappa shape index (κ1) is 38.9. The first-order valence-corrected chi connectivity index (χ1v) is 19.5. The second kappa shape index (κ2) is 17.5. The van der Waals surface area contributed by atoms with E-state index in [0.29, 0.717) is 10.7 Å². The number of nitrogens with two attached hydrogens (primary N) is 1. The summed E-state index contributed by atoms with van der Waals surface area (Å²) in [6.07, 6.45) is 14.0. The molecule has 0 spiro atoms. The molecule has 5 rings (SSSR count). The van der Waals surface area contributed by atoms with Crippen molar-refractivity contribution in [2.45, 2.75) is 109 Å². The number of carbonyl (C=O) groups is 4. The van der Waals surface area contributed by atoms with E-state index in [4.69, 9.17) is 5.73 Å². The van der Waals surface area contributed by atoms with Crippen molar-refractivity contribution >= 4 is 40.7 Å². The fourth-order valence-electron chi connectivity index (χ4n) is 7.62. The van der Waals surface area contributed by atoms with Crippen LogP contribution in [0, 0.1) is 17.8 Å². The van der Waals surface area contributed by atoms with Crippen molar-refractivity contribution in [3.05, 3.63) is 64.1 Å². The second-order valence-corrected chi connectivity index (χ2v) is 16.7. The molecule has 1 saturated heterocycles. The van der Waals surface area contributed by atoms with E-state index >= 15 is 0 Å². The number of hydrogen-bond acceptors (Lipinski definition) is 8. The highest BCUT2D eigenvalue weighted by atomic mass is 32.1. The van der Waals surface area contributed by atoms with Gasteiger partial charge in [-0.05, 0) is 66.5 Å². The van der Waals surface area contributed by atoms with Crippen molar-refractivity contribution in [3.63, 3.8) is 0 Å². The molecule has 1 aliphatic carbocycles. The number of hydrogen-bond donors (Lipinski definition) is 4. The van der Waals surface area contributed by atoms with E-state index < -0.39 is 42.2 Å². The van der Waals surface area contributed by atoms with Crippen LogP contribution in [0.15, 0.2) is 48.8 Å². The molecule has 2 aliphatic rings. The molecule has 52 heavy (non-hydrogen) atoms. The van der Waals surface area contributed by atoms with E-state index in [1.54, 1.807) is 6.07 Å². The van der Waals surface area contributed by atoms with Gasteiger partial charge in [-0.1, -0.05) is 77.6 Å². The number of carboxylic acids is 1. The normalized spacial score (nSPS) is 19.4. The summed E-state index contributed by atoms with van der Waals surface area (Å²) in [5, 5.41) is 14.7. The number of aromatic nitrogens is 2. The Morgan fingerprint density at radius 1 is 0.904 bits per heavy atom. The number of thiophene rings is 1. The van der Waals surface area contributed by atoms with E-state index in [9.17, 15) is 24.3 Å². The van der Waals surface area contributed by atoms with Gasteiger partial charge in [0.2, 0.25) is 11.8 Å². The summed E-state index contributed by atoms with van der Waals surface area (Å²) in [6.45, 7) is 10.5. The SMILES string of the molecule is CCCC1CCC(C2CCN(c3cnc(-c4ccc(C[C@H](NC(=O)c5ccc(C(C)(C)C)s5)C(=O)N[C@H](CC(N)=O)C(=O)O)cc4)nc3)CC2)CC1. The molecule has 11 nitrogen and oxygen atoms in total. The minimum absolute atomic E-state index is 0.0776. The van der Waals surface area contributed by atoms with Crippen molar-refractivity contribution in [1.29, 1.82) is 0 Å². The monoisotopic (exact) mass is 730 g/mol. The van der Waals surface area contributed by atoms with Crippen LogP contribution in [-0.4, -0.2) is 63.9 Å². The van der Waals surface area contributed by atoms with Crippen LogP contribution in [0.3, 0.4) is 0 Å².